The van der Waals surface area contributed by atoms with E-state index in [1.54, 1.807) is 12.1 Å². The fourth-order valence-electron chi connectivity index (χ4n) is 1.61. The second kappa shape index (κ2) is 7.35. The van der Waals surface area contributed by atoms with Gasteiger partial charge < -0.3 is 14.8 Å². The molecule has 0 saturated heterocycles. The first-order valence-corrected chi connectivity index (χ1v) is 6.64. The van der Waals surface area contributed by atoms with E-state index in [0.29, 0.717) is 0 Å². The van der Waals surface area contributed by atoms with E-state index in [1.807, 2.05) is 55.4 Å². The Hall–Kier alpha value is -1.47. The predicted molar refractivity (Wildman–Crippen MR) is 78.3 cm³/mol. The van der Waals surface area contributed by atoms with Crippen LogP contribution in [0.2, 0.25) is 0 Å². The van der Waals surface area contributed by atoms with E-state index >= 15 is 0 Å². The number of carbonyl (C=O) groups excluding carboxylic acids is 1. The van der Waals surface area contributed by atoms with Crippen molar-refractivity contribution in [1.82, 2.24) is 0 Å². The van der Waals surface area contributed by atoms with Gasteiger partial charge in [0.15, 0.2) is 0 Å². The van der Waals surface area contributed by atoms with E-state index in [4.69, 9.17) is 0 Å². The molecular weight excluding hydrogens is 265 g/mol. The molecule has 2 aromatic rings. The molecule has 0 unspecified atom stereocenters. The number of benzene rings is 1. The van der Waals surface area contributed by atoms with Gasteiger partial charge in [-0.15, -0.1) is 11.3 Å². The van der Waals surface area contributed by atoms with Gasteiger partial charge in [-0.2, -0.15) is 0 Å². The van der Waals surface area contributed by atoms with Crippen molar-refractivity contribution in [2.24, 2.45) is 0 Å². The molecule has 0 saturated carbocycles. The van der Waals surface area contributed by atoms with E-state index < -0.39 is 5.97 Å². The fourth-order valence-corrected chi connectivity index (χ4v) is 2.36. The van der Waals surface area contributed by atoms with Crippen molar-refractivity contribution in [3.63, 3.8) is 0 Å². The Morgan fingerprint density at radius 3 is 2.25 bits per heavy atom. The second-order valence-corrected chi connectivity index (χ2v) is 5.42. The van der Waals surface area contributed by atoms with Crippen LogP contribution >= 0.6 is 11.3 Å². The number of thiophene rings is 1. The average molecular weight is 279 g/mol. The number of carboxylic acid groups (broad SMARTS) is 1. The van der Waals surface area contributed by atoms with Crippen LogP contribution in [-0.4, -0.2) is 20.1 Å². The molecule has 0 fully saturated rings. The molecule has 5 heteroatoms. The minimum Gasteiger partial charge on any atom is -0.544 e. The zero-order valence-electron chi connectivity index (χ0n) is 11.8. The summed E-state index contributed by atoms with van der Waals surface area (Å²) in [5.41, 5.74) is 2.22. The van der Waals surface area contributed by atoms with Gasteiger partial charge in [-0.25, -0.2) is 0 Å². The molecule has 0 aliphatic rings. The van der Waals surface area contributed by atoms with Gasteiger partial charge in [-0.3, -0.25) is 0 Å². The standard InChI is InChI=1S/C15H15NO2S.Li/c1-16(2)12-6-3-11(4-7-12)5-8-13-9-10-14(19-13)15(17)18;/h3-10H,1-2H3,(H,17,18);/q;+1/p-1/b8-5+;. The molecule has 2 rings (SSSR count). The molecule has 0 atom stereocenters. The summed E-state index contributed by atoms with van der Waals surface area (Å²) >= 11 is 1.21. The Kier molecular flexibility index (Phi) is 6.09. The number of nitrogens with zero attached hydrogens (tertiary/aromatic N) is 1. The molecule has 0 spiro atoms. The van der Waals surface area contributed by atoms with Crippen molar-refractivity contribution in [2.75, 3.05) is 19.0 Å². The minimum atomic E-state index is -1.13. The molecule has 0 N–H and O–H groups in total. The first kappa shape index (κ1) is 16.6. The third kappa shape index (κ3) is 4.28. The number of anilines is 1. The Morgan fingerprint density at radius 1 is 1.10 bits per heavy atom. The predicted octanol–water partition coefficient (Wildman–Crippen LogP) is -0.648. The van der Waals surface area contributed by atoms with Crippen LogP contribution < -0.4 is 28.9 Å². The first-order chi connectivity index (χ1) is 9.06. The molecule has 3 nitrogen and oxygen atoms in total. The van der Waals surface area contributed by atoms with Crippen LogP contribution in [0, 0.1) is 0 Å². The van der Waals surface area contributed by atoms with E-state index in [0.717, 1.165) is 16.1 Å². The molecule has 0 aliphatic heterocycles. The van der Waals surface area contributed by atoms with Crippen LogP contribution in [-0.2, 0) is 0 Å². The number of carboxylic acids is 1. The van der Waals surface area contributed by atoms with Gasteiger partial charge in [0, 0.05) is 24.7 Å². The van der Waals surface area contributed by atoms with Gasteiger partial charge in [-0.1, -0.05) is 18.2 Å². The molecule has 0 aliphatic carbocycles. The molecule has 1 aromatic carbocycles. The number of hydrogen-bond acceptors (Lipinski definition) is 4. The quantitative estimate of drug-likeness (QED) is 0.699. The Balaban J connectivity index is 0.00000200. The monoisotopic (exact) mass is 279 g/mol. The summed E-state index contributed by atoms with van der Waals surface area (Å²) in [6.07, 6.45) is 3.87. The maximum Gasteiger partial charge on any atom is 1.00 e. The maximum absolute atomic E-state index is 10.7. The maximum atomic E-state index is 10.7. The third-order valence-corrected chi connectivity index (χ3v) is 3.71. The summed E-state index contributed by atoms with van der Waals surface area (Å²) in [6, 6.07) is 11.5. The average Bonchev–Trinajstić information content (AvgIpc) is 2.86. The van der Waals surface area contributed by atoms with E-state index in [2.05, 4.69) is 0 Å². The molecular formula is C15H14LiNO2S. The van der Waals surface area contributed by atoms with Crippen LogP contribution in [0.1, 0.15) is 20.1 Å². The third-order valence-electron chi connectivity index (χ3n) is 2.68. The van der Waals surface area contributed by atoms with Crippen molar-refractivity contribution in [1.29, 1.82) is 0 Å². The Bertz CT molecular complexity index is 603. The van der Waals surface area contributed by atoms with E-state index in [1.165, 1.54) is 11.3 Å². The summed E-state index contributed by atoms with van der Waals surface area (Å²) in [6.45, 7) is 0. The van der Waals surface area contributed by atoms with Gasteiger partial charge in [0.1, 0.15) is 0 Å². The zero-order valence-corrected chi connectivity index (χ0v) is 12.6. The molecule has 0 radical (unpaired) electrons. The van der Waals surface area contributed by atoms with Gasteiger partial charge >= 0.3 is 18.9 Å². The minimum absolute atomic E-state index is 0. The smallest absolute Gasteiger partial charge is 0.544 e. The second-order valence-electron chi connectivity index (χ2n) is 4.31. The molecule has 1 aromatic heterocycles. The van der Waals surface area contributed by atoms with Crippen molar-refractivity contribution in [3.8, 4) is 0 Å². The fraction of sp³-hybridized carbons (Fsp3) is 0.133. The summed E-state index contributed by atoms with van der Waals surface area (Å²) in [7, 11) is 4.00. The van der Waals surface area contributed by atoms with Gasteiger partial charge in [0.05, 0.1) is 10.8 Å². The van der Waals surface area contributed by atoms with Crippen molar-refractivity contribution < 1.29 is 28.8 Å². The molecule has 98 valence electrons. The van der Waals surface area contributed by atoms with Crippen molar-refractivity contribution >= 4 is 35.1 Å². The summed E-state index contributed by atoms with van der Waals surface area (Å²) in [4.78, 5) is 13.9. The summed E-state index contributed by atoms with van der Waals surface area (Å²) in [5.74, 6) is -1.13. The normalized spacial score (nSPS) is 10.3. The largest absolute Gasteiger partial charge is 1.00 e. The van der Waals surface area contributed by atoms with Crippen LogP contribution in [0.25, 0.3) is 12.2 Å². The molecule has 0 amide bonds. The Morgan fingerprint density at radius 2 is 1.75 bits per heavy atom. The topological polar surface area (TPSA) is 43.4 Å². The number of rotatable bonds is 4. The van der Waals surface area contributed by atoms with E-state index in [9.17, 15) is 9.90 Å². The van der Waals surface area contributed by atoms with Gasteiger partial charge in [0.2, 0.25) is 0 Å². The van der Waals surface area contributed by atoms with Crippen molar-refractivity contribution in [3.05, 3.63) is 51.7 Å². The molecule has 20 heavy (non-hydrogen) atoms. The molecule has 0 bridgehead atoms. The zero-order chi connectivity index (χ0) is 13.8. The number of aromatic carboxylic acids is 1. The Labute approximate surface area is 134 Å². The van der Waals surface area contributed by atoms with Crippen LogP contribution in [0.3, 0.4) is 0 Å². The van der Waals surface area contributed by atoms with Gasteiger partial charge in [0.25, 0.3) is 0 Å². The SMILES string of the molecule is CN(C)c1ccc(/C=C/c2ccc(C(=O)[O-])s2)cc1.[Li+]. The van der Waals surface area contributed by atoms with Crippen molar-refractivity contribution in [2.45, 2.75) is 0 Å². The van der Waals surface area contributed by atoms with Gasteiger partial charge in [-0.05, 0) is 35.9 Å². The number of carbonyl (C=O) groups is 1. The molecule has 1 heterocycles. The van der Waals surface area contributed by atoms with Crippen LogP contribution in [0.4, 0.5) is 5.69 Å². The summed E-state index contributed by atoms with van der Waals surface area (Å²) < 4.78 is 0. The first-order valence-electron chi connectivity index (χ1n) is 5.83. The summed E-state index contributed by atoms with van der Waals surface area (Å²) in [5, 5.41) is 10.7. The van der Waals surface area contributed by atoms with E-state index in [-0.39, 0.29) is 23.7 Å². The van der Waals surface area contributed by atoms with Crippen LogP contribution in [0.15, 0.2) is 36.4 Å². The van der Waals surface area contributed by atoms with Crippen LogP contribution in [0.5, 0.6) is 0 Å². The number of hydrogen-bond donors (Lipinski definition) is 0.